The highest BCUT2D eigenvalue weighted by atomic mass is 16.6. The van der Waals surface area contributed by atoms with E-state index in [0.29, 0.717) is 23.2 Å². The topological polar surface area (TPSA) is 139 Å². The molecule has 2 aliphatic rings. The van der Waals surface area contributed by atoms with Crippen molar-refractivity contribution in [3.05, 3.63) is 41.1 Å². The average Bonchev–Trinajstić information content (AvgIpc) is 3.77. The lowest BCUT2D eigenvalue weighted by molar-refractivity contribution is -0.124. The van der Waals surface area contributed by atoms with Crippen LogP contribution in [-0.2, 0) is 4.79 Å². The van der Waals surface area contributed by atoms with Crippen LogP contribution in [0.4, 0.5) is 5.69 Å². The molecule has 1 unspecified atom stereocenters. The quantitative estimate of drug-likeness (QED) is 0.408. The van der Waals surface area contributed by atoms with Gasteiger partial charge < -0.3 is 10.6 Å². The fourth-order valence-corrected chi connectivity index (χ4v) is 5.36. The Bertz CT molecular complexity index is 1240. The number of carbonyl (C=O) groups excluding carboxylic acids is 2. The van der Waals surface area contributed by atoms with Crippen molar-refractivity contribution in [3.63, 3.8) is 0 Å². The smallest absolute Gasteiger partial charge is 0.276 e. The second-order valence-electron chi connectivity index (χ2n) is 10.7. The molecule has 0 saturated heterocycles. The summed E-state index contributed by atoms with van der Waals surface area (Å²) >= 11 is 0. The second kappa shape index (κ2) is 9.15. The van der Waals surface area contributed by atoms with E-state index < -0.39 is 11.4 Å². The number of hydrogen-bond acceptors (Lipinski definition) is 7. The van der Waals surface area contributed by atoms with E-state index >= 15 is 0 Å². The summed E-state index contributed by atoms with van der Waals surface area (Å²) in [6, 6.07) is 3.70. The van der Waals surface area contributed by atoms with Gasteiger partial charge in [-0.2, -0.15) is 5.10 Å². The lowest BCUT2D eigenvalue weighted by Crippen LogP contribution is -2.60. The number of pyridine rings is 1. The number of nitrogens with one attached hydrogen (secondary N) is 3. The molecule has 0 aliphatic heterocycles. The van der Waals surface area contributed by atoms with Crippen LogP contribution in [0.25, 0.3) is 11.3 Å². The van der Waals surface area contributed by atoms with E-state index in [1.165, 1.54) is 0 Å². The Labute approximate surface area is 210 Å². The molecule has 3 aromatic heterocycles. The molecular weight excluding hydrogens is 458 g/mol. The van der Waals surface area contributed by atoms with Gasteiger partial charge in [0.1, 0.15) is 11.2 Å². The predicted molar refractivity (Wildman–Crippen MR) is 133 cm³/mol. The van der Waals surface area contributed by atoms with Gasteiger partial charge in [0.15, 0.2) is 5.69 Å². The van der Waals surface area contributed by atoms with Gasteiger partial charge in [-0.15, -0.1) is 0 Å². The standard InChI is InChI=1S/C26H33N7O3/c1-13(2)22-23(33-36-32-22)24(34)29-26(5,21(16-6-7-16)17-8-9-17)25(35)28-18-10-11-19(27-12-18)20-14(3)30-31-15(20)4/h10-13,16-17,21H,6-9H2,1-5H3,(H,28,35)(H,29,34)(H,30,31). The number of anilines is 1. The number of H-pyrrole nitrogens is 1. The van der Waals surface area contributed by atoms with Crippen LogP contribution in [0.1, 0.15) is 79.9 Å². The van der Waals surface area contributed by atoms with Crippen molar-refractivity contribution >= 4 is 17.5 Å². The summed E-state index contributed by atoms with van der Waals surface area (Å²) in [4.78, 5) is 31.8. The zero-order valence-corrected chi connectivity index (χ0v) is 21.4. The number of aromatic nitrogens is 5. The Balaban J connectivity index is 1.41. The molecule has 1 atom stereocenters. The van der Waals surface area contributed by atoms with Crippen LogP contribution in [0.5, 0.6) is 0 Å². The molecule has 3 heterocycles. The molecule has 190 valence electrons. The molecule has 0 bridgehead atoms. The van der Waals surface area contributed by atoms with E-state index in [2.05, 4.69) is 36.1 Å². The molecule has 10 heteroatoms. The molecule has 0 aromatic carbocycles. The Morgan fingerprint density at radius 1 is 1.11 bits per heavy atom. The lowest BCUT2D eigenvalue weighted by Gasteiger charge is -2.37. The van der Waals surface area contributed by atoms with Crippen LogP contribution in [-0.4, -0.2) is 42.8 Å². The third-order valence-electron chi connectivity index (χ3n) is 7.45. The molecule has 2 fully saturated rings. The average molecular weight is 492 g/mol. The molecule has 10 nitrogen and oxygen atoms in total. The molecule has 3 aromatic rings. The van der Waals surface area contributed by atoms with Crippen molar-refractivity contribution in [2.45, 2.75) is 71.8 Å². The molecular formula is C26H33N7O3. The molecule has 2 aliphatic carbocycles. The normalized spacial score (nSPS) is 17.3. The van der Waals surface area contributed by atoms with Crippen LogP contribution in [0, 0.1) is 31.6 Å². The Morgan fingerprint density at radius 3 is 2.33 bits per heavy atom. The van der Waals surface area contributed by atoms with Gasteiger partial charge in [-0.3, -0.25) is 19.7 Å². The number of rotatable bonds is 9. The minimum atomic E-state index is -1.12. The Kier molecular flexibility index (Phi) is 6.13. The van der Waals surface area contributed by atoms with Crippen molar-refractivity contribution in [3.8, 4) is 11.3 Å². The van der Waals surface area contributed by atoms with Crippen molar-refractivity contribution in [2.75, 3.05) is 5.32 Å². The van der Waals surface area contributed by atoms with E-state index in [-0.39, 0.29) is 23.4 Å². The maximum Gasteiger partial charge on any atom is 0.276 e. The first-order chi connectivity index (χ1) is 17.2. The molecule has 3 N–H and O–H groups in total. The SMILES string of the molecule is Cc1n[nH]c(C)c1-c1ccc(NC(=O)C(C)(NC(=O)c2nonc2C(C)C)C(C2CC2)C2CC2)cn1. The highest BCUT2D eigenvalue weighted by Gasteiger charge is 2.55. The summed E-state index contributed by atoms with van der Waals surface area (Å²) in [5, 5.41) is 21.0. The van der Waals surface area contributed by atoms with Crippen LogP contribution in [0.2, 0.25) is 0 Å². The van der Waals surface area contributed by atoms with Gasteiger partial charge in [0.05, 0.1) is 23.3 Å². The van der Waals surface area contributed by atoms with Crippen molar-refractivity contribution in [1.82, 2.24) is 30.8 Å². The number of amides is 2. The number of hydrogen-bond donors (Lipinski definition) is 3. The summed E-state index contributed by atoms with van der Waals surface area (Å²) in [5.41, 5.74) is 3.60. The van der Waals surface area contributed by atoms with Gasteiger partial charge in [-0.05, 0) is 81.5 Å². The van der Waals surface area contributed by atoms with Crippen LogP contribution in [0.3, 0.4) is 0 Å². The number of aryl methyl sites for hydroxylation is 2. The maximum absolute atomic E-state index is 13.9. The van der Waals surface area contributed by atoms with Gasteiger partial charge in [0, 0.05) is 17.2 Å². The first-order valence-corrected chi connectivity index (χ1v) is 12.6. The van der Waals surface area contributed by atoms with Gasteiger partial charge in [0.25, 0.3) is 5.91 Å². The fraction of sp³-hybridized carbons (Fsp3) is 0.538. The summed E-state index contributed by atoms with van der Waals surface area (Å²) in [6.45, 7) is 9.55. The first-order valence-electron chi connectivity index (χ1n) is 12.6. The lowest BCUT2D eigenvalue weighted by atomic mass is 9.77. The van der Waals surface area contributed by atoms with E-state index in [4.69, 9.17) is 4.63 Å². The van der Waals surface area contributed by atoms with Crippen LogP contribution < -0.4 is 10.6 Å². The molecule has 0 radical (unpaired) electrons. The molecule has 5 rings (SSSR count). The third-order valence-corrected chi connectivity index (χ3v) is 7.45. The van der Waals surface area contributed by atoms with Crippen LogP contribution in [0.15, 0.2) is 23.0 Å². The summed E-state index contributed by atoms with van der Waals surface area (Å²) in [5.74, 6) is 0.150. The van der Waals surface area contributed by atoms with E-state index in [1.807, 2.05) is 46.8 Å². The zero-order valence-electron chi connectivity index (χ0n) is 21.4. The summed E-state index contributed by atoms with van der Waals surface area (Å²) < 4.78 is 4.86. The van der Waals surface area contributed by atoms with Crippen molar-refractivity contribution < 1.29 is 14.2 Å². The third kappa shape index (κ3) is 4.52. The van der Waals surface area contributed by atoms with Gasteiger partial charge in [-0.1, -0.05) is 19.0 Å². The first kappa shape index (κ1) is 24.1. The molecule has 2 amide bonds. The molecule has 2 saturated carbocycles. The zero-order chi connectivity index (χ0) is 25.6. The monoisotopic (exact) mass is 491 g/mol. The highest BCUT2D eigenvalue weighted by Crippen LogP contribution is 2.54. The minimum absolute atomic E-state index is 0.0353. The Morgan fingerprint density at radius 2 is 1.81 bits per heavy atom. The summed E-state index contributed by atoms with van der Waals surface area (Å²) in [6.07, 6.45) is 5.93. The predicted octanol–water partition coefficient (Wildman–Crippen LogP) is 4.16. The largest absolute Gasteiger partial charge is 0.336 e. The fourth-order valence-electron chi connectivity index (χ4n) is 5.36. The number of aromatic amines is 1. The molecule has 0 spiro atoms. The maximum atomic E-state index is 13.9. The number of nitrogens with zero attached hydrogens (tertiary/aromatic N) is 4. The highest BCUT2D eigenvalue weighted by molar-refractivity contribution is 6.03. The van der Waals surface area contributed by atoms with Crippen molar-refractivity contribution in [1.29, 1.82) is 0 Å². The van der Waals surface area contributed by atoms with E-state index in [0.717, 1.165) is 48.3 Å². The second-order valence-corrected chi connectivity index (χ2v) is 10.7. The molecule has 36 heavy (non-hydrogen) atoms. The Hall–Kier alpha value is -3.56. The van der Waals surface area contributed by atoms with Gasteiger partial charge >= 0.3 is 0 Å². The summed E-state index contributed by atoms with van der Waals surface area (Å²) in [7, 11) is 0. The van der Waals surface area contributed by atoms with Gasteiger partial charge in [-0.25, -0.2) is 4.63 Å². The van der Waals surface area contributed by atoms with E-state index in [9.17, 15) is 9.59 Å². The van der Waals surface area contributed by atoms with Crippen LogP contribution >= 0.6 is 0 Å². The van der Waals surface area contributed by atoms with Crippen molar-refractivity contribution in [2.24, 2.45) is 17.8 Å². The minimum Gasteiger partial charge on any atom is -0.336 e. The number of carbonyl (C=O) groups is 2. The van der Waals surface area contributed by atoms with Gasteiger partial charge in [0.2, 0.25) is 5.91 Å². The van der Waals surface area contributed by atoms with E-state index in [1.54, 1.807) is 6.20 Å².